The van der Waals surface area contributed by atoms with E-state index in [0.717, 1.165) is 38.0 Å². The third kappa shape index (κ3) is 3.74. The molecule has 2 heterocycles. The van der Waals surface area contributed by atoms with Crippen LogP contribution >= 0.6 is 0 Å². The van der Waals surface area contributed by atoms with Gasteiger partial charge >= 0.3 is 0 Å². The van der Waals surface area contributed by atoms with Gasteiger partial charge in [0.05, 0.1) is 5.56 Å². The summed E-state index contributed by atoms with van der Waals surface area (Å²) in [5.74, 6) is 1.60. The van der Waals surface area contributed by atoms with Gasteiger partial charge in [0.2, 0.25) is 0 Å². The molecule has 22 heavy (non-hydrogen) atoms. The van der Waals surface area contributed by atoms with E-state index in [4.69, 9.17) is 5.41 Å². The van der Waals surface area contributed by atoms with Gasteiger partial charge in [0.25, 0.3) is 5.56 Å². The molecule has 6 nitrogen and oxygen atoms in total. The topological polar surface area (TPSA) is 93.7 Å². The number of aromatic amines is 1. The average molecular weight is 305 g/mol. The molecule has 2 fully saturated rings. The monoisotopic (exact) mass is 305 g/mol. The van der Waals surface area contributed by atoms with Crippen LogP contribution in [0.15, 0.2) is 4.79 Å². The Bertz CT molecular complexity index is 544. The molecule has 0 bridgehead atoms. The Balaban J connectivity index is 0.000000847. The van der Waals surface area contributed by atoms with Crippen molar-refractivity contribution in [3.63, 3.8) is 0 Å². The Kier molecular flexibility index (Phi) is 6.12. The summed E-state index contributed by atoms with van der Waals surface area (Å²) < 4.78 is 0. The number of H-pyrrole nitrogens is 1. The van der Waals surface area contributed by atoms with E-state index < -0.39 is 0 Å². The van der Waals surface area contributed by atoms with Gasteiger partial charge < -0.3 is 21.0 Å². The third-order valence-electron chi connectivity index (χ3n) is 4.23. The number of hydrogen-bond acceptors (Lipinski definition) is 5. The summed E-state index contributed by atoms with van der Waals surface area (Å²) in [6.45, 7) is 5.71. The summed E-state index contributed by atoms with van der Waals surface area (Å²) in [6.07, 6.45) is 7.07. The molecule has 0 unspecified atom stereocenters. The Labute approximate surface area is 131 Å². The highest BCUT2D eigenvalue weighted by atomic mass is 16.1. The van der Waals surface area contributed by atoms with Crippen LogP contribution in [0.2, 0.25) is 0 Å². The minimum atomic E-state index is -0.213. The molecular weight excluding hydrogens is 278 g/mol. The minimum absolute atomic E-state index is 0.213. The molecule has 1 aromatic rings. The summed E-state index contributed by atoms with van der Waals surface area (Å²) in [6, 6.07) is 0.379. The number of aromatic nitrogens is 2. The molecular formula is C16H27N5O. The lowest BCUT2D eigenvalue weighted by Gasteiger charge is -2.28. The van der Waals surface area contributed by atoms with Crippen LogP contribution in [0.4, 0.5) is 5.82 Å². The van der Waals surface area contributed by atoms with E-state index in [2.05, 4.69) is 20.6 Å². The largest absolute Gasteiger partial charge is 0.367 e. The molecule has 2 aliphatic rings. The smallest absolute Gasteiger partial charge is 0.261 e. The molecule has 1 aromatic heterocycles. The molecule has 1 aliphatic carbocycles. The molecule has 6 heteroatoms. The standard InChI is InChI=1S/C14H21N5O.C2H6/c15-6-11-13(17-10-4-2-1-3-5-10)18-12(19-14(11)20)9-7-16-8-9;1-2/h6,9-10,15-16H,1-5,7-8H2,(H2,17,18,19,20);1-2H3. The lowest BCUT2D eigenvalue weighted by Crippen LogP contribution is -2.42. The first-order chi connectivity index (χ1) is 10.8. The van der Waals surface area contributed by atoms with Crippen molar-refractivity contribution in [2.24, 2.45) is 0 Å². The summed E-state index contributed by atoms with van der Waals surface area (Å²) in [5, 5.41) is 14.0. The molecule has 4 N–H and O–H groups in total. The van der Waals surface area contributed by atoms with Crippen LogP contribution < -0.4 is 16.2 Å². The maximum atomic E-state index is 12.1. The highest BCUT2D eigenvalue weighted by Gasteiger charge is 2.24. The fourth-order valence-corrected chi connectivity index (χ4v) is 2.86. The van der Waals surface area contributed by atoms with E-state index in [1.807, 2.05) is 13.8 Å². The van der Waals surface area contributed by atoms with Crippen molar-refractivity contribution in [1.29, 1.82) is 5.41 Å². The van der Waals surface area contributed by atoms with Gasteiger partial charge in [0.1, 0.15) is 11.6 Å². The number of nitrogens with one attached hydrogen (secondary N) is 4. The Hall–Kier alpha value is -1.69. The molecule has 3 rings (SSSR count). The van der Waals surface area contributed by atoms with Gasteiger partial charge in [0.15, 0.2) is 0 Å². The highest BCUT2D eigenvalue weighted by Crippen LogP contribution is 2.22. The normalized spacial score (nSPS) is 18.8. The van der Waals surface area contributed by atoms with Gasteiger partial charge in [-0.25, -0.2) is 4.98 Å². The quantitative estimate of drug-likeness (QED) is 0.642. The number of rotatable bonds is 4. The van der Waals surface area contributed by atoms with Crippen LogP contribution in [0.1, 0.15) is 63.3 Å². The zero-order valence-electron chi connectivity index (χ0n) is 13.5. The first-order valence-corrected chi connectivity index (χ1v) is 8.40. The van der Waals surface area contributed by atoms with Crippen molar-refractivity contribution in [1.82, 2.24) is 15.3 Å². The fraction of sp³-hybridized carbons (Fsp3) is 0.688. The van der Waals surface area contributed by atoms with E-state index >= 15 is 0 Å². The van der Waals surface area contributed by atoms with Crippen LogP contribution in [-0.2, 0) is 0 Å². The predicted octanol–water partition coefficient (Wildman–Crippen LogP) is 2.23. The van der Waals surface area contributed by atoms with Crippen LogP contribution in [0.25, 0.3) is 0 Å². The van der Waals surface area contributed by atoms with Gasteiger partial charge in [-0.05, 0) is 12.8 Å². The van der Waals surface area contributed by atoms with Crippen molar-refractivity contribution in [2.75, 3.05) is 18.4 Å². The first-order valence-electron chi connectivity index (χ1n) is 8.40. The Morgan fingerprint density at radius 1 is 1.23 bits per heavy atom. The molecule has 0 atom stereocenters. The fourth-order valence-electron chi connectivity index (χ4n) is 2.86. The van der Waals surface area contributed by atoms with Gasteiger partial charge in [-0.1, -0.05) is 33.1 Å². The average Bonchev–Trinajstić information content (AvgIpc) is 2.48. The van der Waals surface area contributed by atoms with Crippen molar-refractivity contribution in [3.05, 3.63) is 21.7 Å². The van der Waals surface area contributed by atoms with Gasteiger partial charge in [-0.3, -0.25) is 4.79 Å². The number of anilines is 1. The predicted molar refractivity (Wildman–Crippen MR) is 90.2 cm³/mol. The van der Waals surface area contributed by atoms with Crippen LogP contribution in [0.5, 0.6) is 0 Å². The van der Waals surface area contributed by atoms with Crippen molar-refractivity contribution < 1.29 is 0 Å². The maximum Gasteiger partial charge on any atom is 0.261 e. The van der Waals surface area contributed by atoms with Crippen LogP contribution in [-0.4, -0.2) is 35.3 Å². The summed E-state index contributed by atoms with van der Waals surface area (Å²) in [5.41, 5.74) is 0.127. The van der Waals surface area contributed by atoms with E-state index in [1.54, 1.807) is 0 Å². The van der Waals surface area contributed by atoms with Crippen molar-refractivity contribution in [2.45, 2.75) is 57.9 Å². The molecule has 1 aliphatic heterocycles. The van der Waals surface area contributed by atoms with Crippen LogP contribution in [0.3, 0.4) is 0 Å². The lowest BCUT2D eigenvalue weighted by atomic mass is 9.95. The first kappa shape index (κ1) is 16.7. The molecule has 0 radical (unpaired) electrons. The second kappa shape index (κ2) is 8.08. The van der Waals surface area contributed by atoms with E-state index in [-0.39, 0.29) is 11.5 Å². The lowest BCUT2D eigenvalue weighted by molar-refractivity contribution is 0.428. The summed E-state index contributed by atoms with van der Waals surface area (Å²) >= 11 is 0. The Morgan fingerprint density at radius 3 is 2.45 bits per heavy atom. The molecule has 0 aromatic carbocycles. The van der Waals surface area contributed by atoms with Crippen molar-refractivity contribution >= 4 is 12.0 Å². The molecule has 1 saturated carbocycles. The molecule has 0 spiro atoms. The molecule has 1 saturated heterocycles. The van der Waals surface area contributed by atoms with Gasteiger partial charge in [-0.15, -0.1) is 0 Å². The number of hydrogen-bond donors (Lipinski definition) is 4. The SMILES string of the molecule is CC.N=Cc1c(NC2CCCCC2)nc(C2CNC2)[nH]c1=O. The molecule has 122 valence electrons. The zero-order valence-corrected chi connectivity index (χ0v) is 13.5. The second-order valence-corrected chi connectivity index (χ2v) is 5.69. The second-order valence-electron chi connectivity index (χ2n) is 5.69. The van der Waals surface area contributed by atoms with Crippen LogP contribution in [0, 0.1) is 5.41 Å². The minimum Gasteiger partial charge on any atom is -0.367 e. The number of nitrogens with zero attached hydrogens (tertiary/aromatic N) is 1. The van der Waals surface area contributed by atoms with Gasteiger partial charge in [-0.2, -0.15) is 0 Å². The summed E-state index contributed by atoms with van der Waals surface area (Å²) in [4.78, 5) is 19.4. The zero-order chi connectivity index (χ0) is 15.9. The summed E-state index contributed by atoms with van der Waals surface area (Å²) in [7, 11) is 0. The Morgan fingerprint density at radius 2 is 1.91 bits per heavy atom. The third-order valence-corrected chi connectivity index (χ3v) is 4.23. The van der Waals surface area contributed by atoms with E-state index in [1.165, 1.54) is 19.3 Å². The maximum absolute atomic E-state index is 12.1. The molecule has 0 amide bonds. The van der Waals surface area contributed by atoms with E-state index in [9.17, 15) is 4.79 Å². The van der Waals surface area contributed by atoms with E-state index in [0.29, 0.717) is 17.4 Å². The van der Waals surface area contributed by atoms with Gasteiger partial charge in [0, 0.05) is 31.3 Å². The highest BCUT2D eigenvalue weighted by molar-refractivity contribution is 5.83. The van der Waals surface area contributed by atoms with Crippen molar-refractivity contribution in [3.8, 4) is 0 Å².